The minimum atomic E-state index is -1.06. The van der Waals surface area contributed by atoms with Gasteiger partial charge in [0.05, 0.1) is 4.88 Å². The third-order valence-corrected chi connectivity index (χ3v) is 5.04. The number of carboxylic acids is 1. The molecule has 104 valence electrons. The second-order valence-electron chi connectivity index (χ2n) is 5.11. The van der Waals surface area contributed by atoms with Gasteiger partial charge in [0.15, 0.2) is 0 Å². The number of aliphatic carboxylic acids is 1. The molecule has 1 aliphatic rings. The van der Waals surface area contributed by atoms with E-state index in [2.05, 4.69) is 0 Å². The van der Waals surface area contributed by atoms with Crippen LogP contribution in [0.1, 0.15) is 47.7 Å². The van der Waals surface area contributed by atoms with Crippen molar-refractivity contribution in [3.05, 3.63) is 21.9 Å². The van der Waals surface area contributed by atoms with E-state index < -0.39 is 11.5 Å². The summed E-state index contributed by atoms with van der Waals surface area (Å²) in [4.78, 5) is 27.3. The van der Waals surface area contributed by atoms with Crippen LogP contribution in [0.3, 0.4) is 0 Å². The Bertz CT molecular complexity index is 497. The zero-order valence-corrected chi connectivity index (χ0v) is 12.1. The van der Waals surface area contributed by atoms with Crippen molar-refractivity contribution in [3.63, 3.8) is 0 Å². The highest BCUT2D eigenvalue weighted by atomic mass is 32.1. The van der Waals surface area contributed by atoms with Crippen molar-refractivity contribution in [1.29, 1.82) is 0 Å². The van der Waals surface area contributed by atoms with Gasteiger partial charge in [0, 0.05) is 11.4 Å². The predicted octanol–water partition coefficient (Wildman–Crippen LogP) is 2.78. The average molecular weight is 281 g/mol. The van der Waals surface area contributed by atoms with E-state index in [1.54, 1.807) is 6.92 Å². The van der Waals surface area contributed by atoms with Crippen LogP contribution < -0.4 is 0 Å². The maximum absolute atomic E-state index is 12.5. The van der Waals surface area contributed by atoms with E-state index in [9.17, 15) is 14.7 Å². The summed E-state index contributed by atoms with van der Waals surface area (Å²) in [5.74, 6) is -1.05. The standard InChI is InChI=1S/C14H19NO3S/c1-3-10-6-7-11(19-10)12(16)15-9-5-4-8-14(15,2)13(17)18/h6-7H,3-5,8-9H2,1-2H3,(H,17,18). The van der Waals surface area contributed by atoms with Gasteiger partial charge in [-0.2, -0.15) is 0 Å². The van der Waals surface area contributed by atoms with Crippen LogP contribution in [-0.4, -0.2) is 34.0 Å². The molecule has 1 N–H and O–H groups in total. The van der Waals surface area contributed by atoms with Crippen molar-refractivity contribution >= 4 is 23.2 Å². The van der Waals surface area contributed by atoms with Crippen LogP contribution in [0.2, 0.25) is 0 Å². The molecule has 1 unspecified atom stereocenters. The van der Waals surface area contributed by atoms with Gasteiger partial charge in [-0.15, -0.1) is 11.3 Å². The Morgan fingerprint density at radius 1 is 1.42 bits per heavy atom. The number of hydrogen-bond acceptors (Lipinski definition) is 3. The molecule has 5 heteroatoms. The molecule has 0 aliphatic carbocycles. The SMILES string of the molecule is CCc1ccc(C(=O)N2CCCCC2(C)C(=O)O)s1. The fourth-order valence-corrected chi connectivity index (χ4v) is 3.38. The van der Waals surface area contributed by atoms with Crippen LogP contribution in [0, 0.1) is 0 Å². The van der Waals surface area contributed by atoms with Gasteiger partial charge in [-0.3, -0.25) is 4.79 Å². The van der Waals surface area contributed by atoms with E-state index >= 15 is 0 Å². The van der Waals surface area contributed by atoms with Crippen molar-refractivity contribution in [2.75, 3.05) is 6.54 Å². The molecule has 0 bridgehead atoms. The number of carbonyl (C=O) groups is 2. The zero-order valence-electron chi connectivity index (χ0n) is 11.3. The van der Waals surface area contributed by atoms with Gasteiger partial charge in [0.1, 0.15) is 5.54 Å². The molecule has 1 aromatic heterocycles. The van der Waals surface area contributed by atoms with E-state index in [-0.39, 0.29) is 5.91 Å². The normalized spacial score (nSPS) is 23.4. The second kappa shape index (κ2) is 5.33. The number of hydrogen-bond donors (Lipinski definition) is 1. The Kier molecular flexibility index (Phi) is 3.94. The minimum absolute atomic E-state index is 0.144. The molecule has 1 atom stereocenters. The van der Waals surface area contributed by atoms with Gasteiger partial charge in [-0.25, -0.2) is 4.79 Å². The molecule has 0 aromatic carbocycles. The summed E-state index contributed by atoms with van der Waals surface area (Å²) in [6.45, 7) is 4.23. The lowest BCUT2D eigenvalue weighted by molar-refractivity contribution is -0.150. The predicted molar refractivity (Wildman–Crippen MR) is 74.6 cm³/mol. The summed E-state index contributed by atoms with van der Waals surface area (Å²) < 4.78 is 0. The van der Waals surface area contributed by atoms with Gasteiger partial charge < -0.3 is 10.0 Å². The van der Waals surface area contributed by atoms with Crippen LogP contribution in [0.15, 0.2) is 12.1 Å². The third-order valence-electron chi connectivity index (χ3n) is 3.82. The summed E-state index contributed by atoms with van der Waals surface area (Å²) in [5.41, 5.74) is -1.06. The fraction of sp³-hybridized carbons (Fsp3) is 0.571. The van der Waals surface area contributed by atoms with Crippen molar-refractivity contribution in [1.82, 2.24) is 4.90 Å². The molecular formula is C14H19NO3S. The number of likely N-dealkylation sites (tertiary alicyclic amines) is 1. The number of nitrogens with zero attached hydrogens (tertiary/aromatic N) is 1. The topological polar surface area (TPSA) is 57.6 Å². The highest BCUT2D eigenvalue weighted by Gasteiger charge is 2.44. The van der Waals surface area contributed by atoms with Crippen molar-refractivity contribution in [3.8, 4) is 0 Å². The van der Waals surface area contributed by atoms with E-state index in [4.69, 9.17) is 0 Å². The average Bonchev–Trinajstić information content (AvgIpc) is 2.87. The lowest BCUT2D eigenvalue weighted by Crippen LogP contribution is -2.57. The first-order valence-corrected chi connectivity index (χ1v) is 7.44. The summed E-state index contributed by atoms with van der Waals surface area (Å²) >= 11 is 1.46. The summed E-state index contributed by atoms with van der Waals surface area (Å²) in [6, 6.07) is 3.75. The Labute approximate surface area is 117 Å². The smallest absolute Gasteiger partial charge is 0.329 e. The van der Waals surface area contributed by atoms with Crippen LogP contribution in [-0.2, 0) is 11.2 Å². The number of amides is 1. The molecule has 1 amide bonds. The quantitative estimate of drug-likeness (QED) is 0.927. The summed E-state index contributed by atoms with van der Waals surface area (Å²) in [7, 11) is 0. The van der Waals surface area contributed by atoms with E-state index in [0.29, 0.717) is 17.8 Å². The fourth-order valence-electron chi connectivity index (χ4n) is 2.48. The second-order valence-corrected chi connectivity index (χ2v) is 6.28. The first-order chi connectivity index (χ1) is 8.99. The van der Waals surface area contributed by atoms with Gasteiger partial charge in [-0.1, -0.05) is 6.92 Å². The Morgan fingerprint density at radius 2 is 2.16 bits per heavy atom. The first kappa shape index (κ1) is 14.1. The lowest BCUT2D eigenvalue weighted by atomic mass is 9.88. The monoisotopic (exact) mass is 281 g/mol. The molecule has 1 aliphatic heterocycles. The summed E-state index contributed by atoms with van der Waals surface area (Å²) in [5, 5.41) is 9.42. The van der Waals surface area contributed by atoms with Gasteiger partial charge >= 0.3 is 5.97 Å². The third kappa shape index (κ3) is 2.52. The lowest BCUT2D eigenvalue weighted by Gasteiger charge is -2.41. The molecule has 0 radical (unpaired) electrons. The van der Waals surface area contributed by atoms with E-state index in [1.165, 1.54) is 16.2 Å². The molecule has 0 spiro atoms. The molecule has 1 fully saturated rings. The van der Waals surface area contributed by atoms with Crippen LogP contribution in [0.5, 0.6) is 0 Å². The molecule has 2 heterocycles. The highest BCUT2D eigenvalue weighted by molar-refractivity contribution is 7.14. The largest absolute Gasteiger partial charge is 0.480 e. The Balaban J connectivity index is 2.27. The van der Waals surface area contributed by atoms with Crippen molar-refractivity contribution < 1.29 is 14.7 Å². The van der Waals surface area contributed by atoms with Gasteiger partial charge in [0.2, 0.25) is 0 Å². The maximum Gasteiger partial charge on any atom is 0.329 e. The molecule has 19 heavy (non-hydrogen) atoms. The first-order valence-electron chi connectivity index (χ1n) is 6.63. The zero-order chi connectivity index (χ0) is 14.0. The summed E-state index contributed by atoms with van der Waals surface area (Å²) in [6.07, 6.45) is 3.16. The molecule has 4 nitrogen and oxygen atoms in total. The number of piperidine rings is 1. The molecular weight excluding hydrogens is 262 g/mol. The number of rotatable bonds is 3. The number of aryl methyl sites for hydroxylation is 1. The Morgan fingerprint density at radius 3 is 2.74 bits per heavy atom. The van der Waals surface area contributed by atoms with Crippen molar-refractivity contribution in [2.24, 2.45) is 0 Å². The minimum Gasteiger partial charge on any atom is -0.480 e. The van der Waals surface area contributed by atoms with Crippen molar-refractivity contribution in [2.45, 2.75) is 45.1 Å². The molecule has 1 saturated heterocycles. The van der Waals surface area contributed by atoms with E-state index in [1.807, 2.05) is 19.1 Å². The van der Waals surface area contributed by atoms with E-state index in [0.717, 1.165) is 24.1 Å². The molecule has 2 rings (SSSR count). The Hall–Kier alpha value is -1.36. The van der Waals surface area contributed by atoms with Gasteiger partial charge in [0.25, 0.3) is 5.91 Å². The van der Waals surface area contributed by atoms with Crippen LogP contribution >= 0.6 is 11.3 Å². The van der Waals surface area contributed by atoms with Crippen LogP contribution in [0.4, 0.5) is 0 Å². The number of carbonyl (C=O) groups excluding carboxylic acids is 1. The highest BCUT2D eigenvalue weighted by Crippen LogP contribution is 2.31. The molecule has 1 aromatic rings. The number of thiophene rings is 1. The van der Waals surface area contributed by atoms with Crippen LogP contribution in [0.25, 0.3) is 0 Å². The molecule has 0 saturated carbocycles. The van der Waals surface area contributed by atoms with Gasteiger partial charge in [-0.05, 0) is 44.7 Å². The number of carboxylic acid groups (broad SMARTS) is 1. The maximum atomic E-state index is 12.5.